The number of hydrogen-bond acceptors (Lipinski definition) is 4. The van der Waals surface area contributed by atoms with Crippen LogP contribution < -0.4 is 0 Å². The first kappa shape index (κ1) is 16.8. The van der Waals surface area contributed by atoms with Gasteiger partial charge in [0.05, 0.1) is 12.5 Å². The largest absolute Gasteiger partial charge is 0.481 e. The van der Waals surface area contributed by atoms with E-state index in [1.807, 2.05) is 0 Å². The molecule has 6 heteroatoms. The van der Waals surface area contributed by atoms with Gasteiger partial charge in [0.25, 0.3) is 0 Å². The number of ketones is 1. The Kier molecular flexibility index (Phi) is 6.55. The maximum Gasteiger partial charge on any atom is 0.304 e. The van der Waals surface area contributed by atoms with E-state index in [-0.39, 0.29) is 31.6 Å². The van der Waals surface area contributed by atoms with Crippen LogP contribution in [0.4, 0.5) is 0 Å². The number of rotatable bonds is 9. The van der Waals surface area contributed by atoms with Crippen LogP contribution in [0.2, 0.25) is 0 Å². The normalized spacial score (nSPS) is 12.1. The first-order chi connectivity index (χ1) is 9.91. The minimum absolute atomic E-state index is 0.0951. The predicted molar refractivity (Wildman–Crippen MR) is 76.3 cm³/mol. The van der Waals surface area contributed by atoms with Crippen LogP contribution in [0.25, 0.3) is 0 Å². The fraction of sp³-hybridized carbons (Fsp3) is 0.400. The molecule has 0 spiro atoms. The van der Waals surface area contributed by atoms with Gasteiger partial charge in [0, 0.05) is 18.5 Å². The van der Waals surface area contributed by atoms with Crippen LogP contribution in [0, 0.1) is 0 Å². The van der Waals surface area contributed by atoms with Crippen molar-refractivity contribution in [1.82, 2.24) is 4.90 Å². The Hall–Kier alpha value is -2.21. The van der Waals surface area contributed by atoms with Gasteiger partial charge < -0.3 is 10.2 Å². The number of carboxylic acids is 2. The zero-order chi connectivity index (χ0) is 15.8. The lowest BCUT2D eigenvalue weighted by Gasteiger charge is -2.26. The van der Waals surface area contributed by atoms with E-state index in [0.29, 0.717) is 5.56 Å². The summed E-state index contributed by atoms with van der Waals surface area (Å²) >= 11 is 0. The lowest BCUT2D eigenvalue weighted by Crippen LogP contribution is -2.40. The van der Waals surface area contributed by atoms with Crippen molar-refractivity contribution in [2.75, 3.05) is 13.6 Å². The van der Waals surface area contributed by atoms with E-state index in [1.54, 1.807) is 42.3 Å². The van der Waals surface area contributed by atoms with E-state index in [0.717, 1.165) is 0 Å². The predicted octanol–water partition coefficient (Wildman–Crippen LogP) is 1.51. The molecule has 0 saturated heterocycles. The number of carbonyl (C=O) groups excluding carboxylic acids is 1. The van der Waals surface area contributed by atoms with E-state index in [4.69, 9.17) is 10.2 Å². The zero-order valence-electron chi connectivity index (χ0n) is 11.9. The van der Waals surface area contributed by atoms with Crippen molar-refractivity contribution in [1.29, 1.82) is 0 Å². The SMILES string of the molecule is CN(CCC(=O)O)C(CCC(=O)O)C(=O)c1ccccc1. The van der Waals surface area contributed by atoms with Gasteiger partial charge in [-0.25, -0.2) is 0 Å². The van der Waals surface area contributed by atoms with E-state index in [1.165, 1.54) is 0 Å². The molecule has 114 valence electrons. The van der Waals surface area contributed by atoms with Crippen LogP contribution in [0.3, 0.4) is 0 Å². The molecule has 0 fully saturated rings. The first-order valence-electron chi connectivity index (χ1n) is 6.65. The number of likely N-dealkylation sites (N-methyl/N-ethyl adjacent to an activating group) is 1. The zero-order valence-corrected chi connectivity index (χ0v) is 11.9. The molecule has 21 heavy (non-hydrogen) atoms. The van der Waals surface area contributed by atoms with Crippen LogP contribution in [0.1, 0.15) is 29.6 Å². The van der Waals surface area contributed by atoms with Gasteiger partial charge in [0.15, 0.2) is 5.78 Å². The second-order valence-corrected chi connectivity index (χ2v) is 4.80. The van der Waals surface area contributed by atoms with E-state index < -0.39 is 18.0 Å². The van der Waals surface area contributed by atoms with Gasteiger partial charge >= 0.3 is 11.9 Å². The molecule has 1 aromatic rings. The molecule has 0 saturated carbocycles. The Bertz CT molecular complexity index is 500. The molecule has 1 rings (SSSR count). The average molecular weight is 293 g/mol. The third kappa shape index (κ3) is 5.74. The molecule has 0 radical (unpaired) electrons. The van der Waals surface area contributed by atoms with Crippen LogP contribution in [0.5, 0.6) is 0 Å². The Labute approximate surface area is 123 Å². The van der Waals surface area contributed by atoms with E-state index >= 15 is 0 Å². The number of nitrogens with zero attached hydrogens (tertiary/aromatic N) is 1. The topological polar surface area (TPSA) is 94.9 Å². The smallest absolute Gasteiger partial charge is 0.304 e. The van der Waals surface area contributed by atoms with Crippen LogP contribution in [0.15, 0.2) is 30.3 Å². The van der Waals surface area contributed by atoms with Gasteiger partial charge in [0.2, 0.25) is 0 Å². The molecule has 0 amide bonds. The number of benzene rings is 1. The molecule has 1 atom stereocenters. The molecule has 0 aromatic heterocycles. The maximum absolute atomic E-state index is 12.5. The number of hydrogen-bond donors (Lipinski definition) is 2. The van der Waals surface area contributed by atoms with E-state index in [9.17, 15) is 14.4 Å². The van der Waals surface area contributed by atoms with Crippen LogP contribution >= 0.6 is 0 Å². The standard InChI is InChI=1S/C15H19NO5/c1-16(10-9-14(19)20)12(7-8-13(17)18)15(21)11-5-3-2-4-6-11/h2-6,12H,7-10H2,1H3,(H,17,18)(H,19,20). The van der Waals surface area contributed by atoms with Crippen molar-refractivity contribution in [3.05, 3.63) is 35.9 Å². The number of Topliss-reactive ketones (excluding diaryl/α,β-unsaturated/α-hetero) is 1. The molecule has 0 aliphatic heterocycles. The Balaban J connectivity index is 2.82. The number of carbonyl (C=O) groups is 3. The molecule has 0 bridgehead atoms. The van der Waals surface area contributed by atoms with Gasteiger partial charge in [-0.1, -0.05) is 30.3 Å². The summed E-state index contributed by atoms with van der Waals surface area (Å²) in [6.45, 7) is 0.193. The highest BCUT2D eigenvalue weighted by atomic mass is 16.4. The minimum atomic E-state index is -0.979. The highest BCUT2D eigenvalue weighted by Gasteiger charge is 2.25. The summed E-state index contributed by atoms with van der Waals surface area (Å²) in [6.07, 6.45) is -0.0814. The van der Waals surface area contributed by atoms with Crippen LogP contribution in [-0.4, -0.2) is 52.5 Å². The van der Waals surface area contributed by atoms with Gasteiger partial charge in [-0.2, -0.15) is 0 Å². The summed E-state index contributed by atoms with van der Waals surface area (Å²) in [6, 6.07) is 7.96. The highest BCUT2D eigenvalue weighted by molar-refractivity contribution is 6.00. The van der Waals surface area contributed by atoms with Crippen molar-refractivity contribution in [2.45, 2.75) is 25.3 Å². The third-order valence-electron chi connectivity index (χ3n) is 3.20. The van der Waals surface area contributed by atoms with Crippen molar-refractivity contribution >= 4 is 17.7 Å². The molecule has 6 nitrogen and oxygen atoms in total. The second kappa shape index (κ2) is 8.16. The highest BCUT2D eigenvalue weighted by Crippen LogP contribution is 2.13. The molecule has 2 N–H and O–H groups in total. The first-order valence-corrected chi connectivity index (χ1v) is 6.65. The fourth-order valence-corrected chi connectivity index (χ4v) is 2.03. The minimum Gasteiger partial charge on any atom is -0.481 e. The molecule has 0 aliphatic rings. The summed E-state index contributed by atoms with van der Waals surface area (Å²) < 4.78 is 0. The summed E-state index contributed by atoms with van der Waals surface area (Å²) in [5.74, 6) is -2.12. The quantitative estimate of drug-likeness (QED) is 0.670. The van der Waals surface area contributed by atoms with Crippen molar-refractivity contribution in [3.8, 4) is 0 Å². The number of aliphatic carboxylic acids is 2. The molecular formula is C15H19NO5. The summed E-state index contributed by atoms with van der Waals surface area (Å²) in [7, 11) is 1.64. The van der Waals surface area contributed by atoms with Gasteiger partial charge in [-0.15, -0.1) is 0 Å². The molecule has 0 aliphatic carbocycles. The fourth-order valence-electron chi connectivity index (χ4n) is 2.03. The van der Waals surface area contributed by atoms with Gasteiger partial charge in [-0.05, 0) is 13.5 Å². The van der Waals surface area contributed by atoms with Crippen molar-refractivity contribution < 1.29 is 24.6 Å². The van der Waals surface area contributed by atoms with Crippen molar-refractivity contribution in [3.63, 3.8) is 0 Å². The maximum atomic E-state index is 12.5. The van der Waals surface area contributed by atoms with Crippen LogP contribution in [-0.2, 0) is 9.59 Å². The second-order valence-electron chi connectivity index (χ2n) is 4.80. The summed E-state index contributed by atoms with van der Waals surface area (Å²) in [5, 5.41) is 17.5. The molecular weight excluding hydrogens is 274 g/mol. The van der Waals surface area contributed by atoms with Crippen molar-refractivity contribution in [2.24, 2.45) is 0 Å². The average Bonchev–Trinajstić information content (AvgIpc) is 2.45. The molecule has 0 heterocycles. The molecule has 1 aromatic carbocycles. The lowest BCUT2D eigenvalue weighted by atomic mass is 9.99. The van der Waals surface area contributed by atoms with Gasteiger partial charge in [-0.3, -0.25) is 19.3 Å². The lowest BCUT2D eigenvalue weighted by molar-refractivity contribution is -0.138. The molecule has 1 unspecified atom stereocenters. The Morgan fingerprint density at radius 1 is 1.05 bits per heavy atom. The van der Waals surface area contributed by atoms with E-state index in [2.05, 4.69) is 0 Å². The summed E-state index contributed by atoms with van der Waals surface area (Å²) in [5.41, 5.74) is 0.495. The monoisotopic (exact) mass is 293 g/mol. The Morgan fingerprint density at radius 3 is 2.14 bits per heavy atom. The Morgan fingerprint density at radius 2 is 1.62 bits per heavy atom. The summed E-state index contributed by atoms with van der Waals surface area (Å²) in [4.78, 5) is 35.4. The van der Waals surface area contributed by atoms with Gasteiger partial charge in [0.1, 0.15) is 0 Å². The number of carboxylic acid groups (broad SMARTS) is 2. The third-order valence-corrected chi connectivity index (χ3v) is 3.20.